The van der Waals surface area contributed by atoms with E-state index < -0.39 is 11.7 Å². The van der Waals surface area contributed by atoms with Crippen LogP contribution in [-0.2, 0) is 11.0 Å². The van der Waals surface area contributed by atoms with E-state index in [1.807, 2.05) is 6.92 Å². The molecule has 8 heteroatoms. The summed E-state index contributed by atoms with van der Waals surface area (Å²) in [6, 6.07) is 4.21. The van der Waals surface area contributed by atoms with Gasteiger partial charge in [-0.3, -0.25) is 15.0 Å². The first-order valence-electron chi connectivity index (χ1n) is 9.73. The molecule has 1 aromatic carbocycles. The number of ketones is 1. The SMILES string of the molecule is CCC1NNC(C(=O)N2CCCC(C(=O)c3ccc(C(F)(F)F)cc3)C2)C1C. The largest absolute Gasteiger partial charge is 0.416 e. The third-order valence-corrected chi connectivity index (χ3v) is 5.89. The molecular formula is C20H26F3N3O2. The second kappa shape index (κ2) is 8.21. The van der Waals surface area contributed by atoms with Gasteiger partial charge in [0.1, 0.15) is 6.04 Å². The molecule has 1 amide bonds. The summed E-state index contributed by atoms with van der Waals surface area (Å²) >= 11 is 0. The van der Waals surface area contributed by atoms with Gasteiger partial charge in [-0.25, -0.2) is 5.43 Å². The van der Waals surface area contributed by atoms with Crippen molar-refractivity contribution in [3.63, 3.8) is 0 Å². The lowest BCUT2D eigenvalue weighted by atomic mass is 9.88. The normalized spacial score (nSPS) is 28.4. The highest BCUT2D eigenvalue weighted by Crippen LogP contribution is 2.30. The number of hydrogen-bond donors (Lipinski definition) is 2. The van der Waals surface area contributed by atoms with Crippen molar-refractivity contribution in [3.8, 4) is 0 Å². The second-order valence-electron chi connectivity index (χ2n) is 7.70. The average Bonchev–Trinajstić information content (AvgIpc) is 3.06. The van der Waals surface area contributed by atoms with Gasteiger partial charge in [-0.1, -0.05) is 26.0 Å². The van der Waals surface area contributed by atoms with Crippen LogP contribution in [0.1, 0.15) is 49.0 Å². The number of nitrogens with zero attached hydrogens (tertiary/aromatic N) is 1. The summed E-state index contributed by atoms with van der Waals surface area (Å²) in [5, 5.41) is 0. The van der Waals surface area contributed by atoms with E-state index in [1.165, 1.54) is 12.1 Å². The number of hydrazine groups is 1. The minimum absolute atomic E-state index is 0.0270. The van der Waals surface area contributed by atoms with Crippen molar-refractivity contribution in [3.05, 3.63) is 35.4 Å². The van der Waals surface area contributed by atoms with E-state index in [1.54, 1.807) is 4.90 Å². The lowest BCUT2D eigenvalue weighted by Crippen LogP contribution is -2.51. The highest BCUT2D eigenvalue weighted by molar-refractivity contribution is 5.98. The molecule has 2 heterocycles. The van der Waals surface area contributed by atoms with E-state index >= 15 is 0 Å². The Morgan fingerprint density at radius 3 is 2.43 bits per heavy atom. The highest BCUT2D eigenvalue weighted by atomic mass is 19.4. The Labute approximate surface area is 162 Å². The fraction of sp³-hybridized carbons (Fsp3) is 0.600. The predicted octanol–water partition coefficient (Wildman–Crippen LogP) is 3.02. The maximum Gasteiger partial charge on any atom is 0.416 e. The van der Waals surface area contributed by atoms with Crippen molar-refractivity contribution in [2.75, 3.05) is 13.1 Å². The molecule has 4 atom stereocenters. The van der Waals surface area contributed by atoms with Gasteiger partial charge in [-0.05, 0) is 37.3 Å². The van der Waals surface area contributed by atoms with Gasteiger partial charge in [0.15, 0.2) is 5.78 Å². The zero-order valence-corrected chi connectivity index (χ0v) is 16.1. The first kappa shape index (κ1) is 20.8. The molecule has 3 rings (SSSR count). The van der Waals surface area contributed by atoms with Crippen LogP contribution in [0.4, 0.5) is 13.2 Å². The molecule has 2 aliphatic rings. The van der Waals surface area contributed by atoms with E-state index in [9.17, 15) is 22.8 Å². The van der Waals surface area contributed by atoms with Crippen molar-refractivity contribution in [2.45, 2.75) is 51.4 Å². The van der Waals surface area contributed by atoms with Gasteiger partial charge in [-0.2, -0.15) is 13.2 Å². The maximum atomic E-state index is 12.9. The lowest BCUT2D eigenvalue weighted by Gasteiger charge is -2.34. The molecule has 154 valence electrons. The van der Waals surface area contributed by atoms with Crippen LogP contribution in [0, 0.1) is 11.8 Å². The van der Waals surface area contributed by atoms with Gasteiger partial charge in [0.05, 0.1) is 5.56 Å². The van der Waals surface area contributed by atoms with Crippen molar-refractivity contribution in [1.82, 2.24) is 15.8 Å². The minimum atomic E-state index is -4.43. The number of alkyl halides is 3. The molecule has 28 heavy (non-hydrogen) atoms. The number of halogens is 3. The van der Waals surface area contributed by atoms with Crippen LogP contribution in [0.25, 0.3) is 0 Å². The lowest BCUT2D eigenvalue weighted by molar-refractivity contribution is -0.137. The summed E-state index contributed by atoms with van der Waals surface area (Å²) in [5.41, 5.74) is 5.70. The Kier molecular flexibility index (Phi) is 6.09. The Morgan fingerprint density at radius 1 is 1.18 bits per heavy atom. The molecule has 4 unspecified atom stereocenters. The number of hydrogen-bond acceptors (Lipinski definition) is 4. The predicted molar refractivity (Wildman–Crippen MR) is 98.4 cm³/mol. The van der Waals surface area contributed by atoms with Crippen LogP contribution >= 0.6 is 0 Å². The van der Waals surface area contributed by atoms with Crippen LogP contribution in [0.2, 0.25) is 0 Å². The number of Topliss-reactive ketones (excluding diaryl/α,β-unsaturated/α-hetero) is 1. The third kappa shape index (κ3) is 4.22. The molecule has 0 radical (unpaired) electrons. The fourth-order valence-electron chi connectivity index (χ4n) is 4.10. The zero-order chi connectivity index (χ0) is 20.5. The van der Waals surface area contributed by atoms with Crippen LogP contribution < -0.4 is 10.9 Å². The molecule has 0 spiro atoms. The van der Waals surface area contributed by atoms with Gasteiger partial charge >= 0.3 is 6.18 Å². The van der Waals surface area contributed by atoms with Crippen molar-refractivity contribution in [2.24, 2.45) is 11.8 Å². The van der Waals surface area contributed by atoms with E-state index in [0.717, 1.165) is 18.6 Å². The highest BCUT2D eigenvalue weighted by Gasteiger charge is 2.40. The van der Waals surface area contributed by atoms with Gasteiger partial charge in [-0.15, -0.1) is 0 Å². The molecule has 0 aliphatic carbocycles. The molecule has 2 N–H and O–H groups in total. The molecular weight excluding hydrogens is 371 g/mol. The topological polar surface area (TPSA) is 61.4 Å². The first-order valence-corrected chi connectivity index (χ1v) is 9.73. The molecule has 0 saturated carbocycles. The Balaban J connectivity index is 1.66. The van der Waals surface area contributed by atoms with E-state index in [2.05, 4.69) is 17.8 Å². The Hall–Kier alpha value is -1.93. The number of amides is 1. The fourth-order valence-corrected chi connectivity index (χ4v) is 4.10. The number of carbonyl (C=O) groups is 2. The van der Waals surface area contributed by atoms with Gasteiger partial charge in [0.25, 0.3) is 0 Å². The first-order chi connectivity index (χ1) is 13.2. The van der Waals surface area contributed by atoms with Crippen LogP contribution in [-0.4, -0.2) is 41.8 Å². The third-order valence-electron chi connectivity index (χ3n) is 5.89. The number of benzene rings is 1. The minimum Gasteiger partial charge on any atom is -0.341 e. The average molecular weight is 397 g/mol. The summed E-state index contributed by atoms with van der Waals surface area (Å²) in [6.45, 7) is 4.98. The van der Waals surface area contributed by atoms with Crippen molar-refractivity contribution < 1.29 is 22.8 Å². The summed E-state index contributed by atoms with van der Waals surface area (Å²) in [6.07, 6.45) is -2.18. The van der Waals surface area contributed by atoms with Gasteiger partial charge in [0, 0.05) is 30.6 Å². The molecule has 0 bridgehead atoms. The molecule has 0 aromatic heterocycles. The van der Waals surface area contributed by atoms with Crippen molar-refractivity contribution in [1.29, 1.82) is 0 Å². The zero-order valence-electron chi connectivity index (χ0n) is 16.1. The number of nitrogens with one attached hydrogen (secondary N) is 2. The molecule has 2 fully saturated rings. The monoisotopic (exact) mass is 397 g/mol. The second-order valence-corrected chi connectivity index (χ2v) is 7.70. The van der Waals surface area contributed by atoms with Crippen LogP contribution in [0.3, 0.4) is 0 Å². The summed E-state index contributed by atoms with van der Waals surface area (Å²) in [7, 11) is 0. The molecule has 2 aliphatic heterocycles. The summed E-state index contributed by atoms with van der Waals surface area (Å²) in [5.74, 6) is -0.478. The van der Waals surface area contributed by atoms with Crippen LogP contribution in [0.15, 0.2) is 24.3 Å². The maximum absolute atomic E-state index is 12.9. The number of likely N-dealkylation sites (tertiary alicyclic amines) is 1. The van der Waals surface area contributed by atoms with Gasteiger partial charge < -0.3 is 4.90 Å². The number of rotatable bonds is 4. The van der Waals surface area contributed by atoms with Gasteiger partial charge in [0.2, 0.25) is 5.91 Å². The molecule has 1 aromatic rings. The molecule has 5 nitrogen and oxygen atoms in total. The standard InChI is InChI=1S/C20H26F3N3O2/c1-3-16-12(2)17(25-24-16)19(28)26-10-4-5-14(11-26)18(27)13-6-8-15(9-7-13)20(21,22)23/h6-9,12,14,16-17,24-25H,3-5,10-11H2,1-2H3. The van der Waals surface area contributed by atoms with E-state index in [0.29, 0.717) is 25.9 Å². The van der Waals surface area contributed by atoms with Crippen molar-refractivity contribution >= 4 is 11.7 Å². The van der Waals surface area contributed by atoms with Crippen LogP contribution in [0.5, 0.6) is 0 Å². The quantitative estimate of drug-likeness (QED) is 0.767. The number of piperidine rings is 1. The van der Waals surface area contributed by atoms with E-state index in [4.69, 9.17) is 0 Å². The smallest absolute Gasteiger partial charge is 0.341 e. The number of carbonyl (C=O) groups excluding carboxylic acids is 2. The molecule has 2 saturated heterocycles. The summed E-state index contributed by atoms with van der Waals surface area (Å²) in [4.78, 5) is 27.4. The Bertz CT molecular complexity index is 720. The summed E-state index contributed by atoms with van der Waals surface area (Å²) < 4.78 is 38.1. The van der Waals surface area contributed by atoms with E-state index in [-0.39, 0.29) is 41.2 Å². The Morgan fingerprint density at radius 2 is 1.86 bits per heavy atom.